The molecule has 0 radical (unpaired) electrons. The third kappa shape index (κ3) is 3.89. The van der Waals surface area contributed by atoms with Gasteiger partial charge >= 0.3 is 13.3 Å². The van der Waals surface area contributed by atoms with Gasteiger partial charge in [-0.05, 0) is 12.8 Å². The molecule has 1 saturated carbocycles. The predicted octanol–water partition coefficient (Wildman–Crippen LogP) is 0.172. The molecule has 3 N–H and O–H groups in total. The summed E-state index contributed by atoms with van der Waals surface area (Å²) in [6, 6.07) is 0.926. The molecule has 0 aromatic carbocycles. The molecule has 1 aliphatic carbocycles. The van der Waals surface area contributed by atoms with Crippen LogP contribution in [0.15, 0.2) is 21.9 Å². The first kappa shape index (κ1) is 15.2. The fourth-order valence-electron chi connectivity index (χ4n) is 2.47. The monoisotopic (exact) mass is 304 g/mol. The summed E-state index contributed by atoms with van der Waals surface area (Å²) < 4.78 is 17.5. The number of aromatic amines is 1. The minimum absolute atomic E-state index is 0.320. The highest BCUT2D eigenvalue weighted by atomic mass is 31.2. The minimum atomic E-state index is -4.24. The number of nitrogens with zero attached hydrogens (tertiary/aromatic N) is 1. The highest BCUT2D eigenvalue weighted by Crippen LogP contribution is 2.37. The van der Waals surface area contributed by atoms with Gasteiger partial charge in [-0.25, -0.2) is 4.79 Å². The molecule has 112 valence electrons. The van der Waals surface area contributed by atoms with E-state index in [0.717, 1.165) is 12.8 Å². The lowest BCUT2D eigenvalue weighted by Crippen LogP contribution is -2.39. The Bertz CT molecular complexity index is 618. The SMILES string of the molecule is O=c1ccn([C@@H]2CCCC[C@H]2OCP(=O)(O)O)c(=O)[nH]1. The van der Waals surface area contributed by atoms with E-state index in [0.29, 0.717) is 12.8 Å². The Balaban J connectivity index is 2.20. The molecule has 9 heteroatoms. The van der Waals surface area contributed by atoms with Crippen molar-refractivity contribution in [3.63, 3.8) is 0 Å². The van der Waals surface area contributed by atoms with E-state index in [4.69, 9.17) is 14.5 Å². The summed E-state index contributed by atoms with van der Waals surface area (Å²) in [7, 11) is -4.24. The second-order valence-electron chi connectivity index (χ2n) is 4.87. The fourth-order valence-corrected chi connectivity index (χ4v) is 2.86. The lowest BCUT2D eigenvalue weighted by molar-refractivity contribution is 0.00947. The average molecular weight is 304 g/mol. The molecule has 0 spiro atoms. The molecule has 0 amide bonds. The third-order valence-corrected chi connectivity index (χ3v) is 3.82. The van der Waals surface area contributed by atoms with Crippen LogP contribution in [0, 0.1) is 0 Å². The lowest BCUT2D eigenvalue weighted by Gasteiger charge is -2.32. The molecular weight excluding hydrogens is 287 g/mol. The number of aromatic nitrogens is 2. The van der Waals surface area contributed by atoms with Gasteiger partial charge in [0, 0.05) is 12.3 Å². The van der Waals surface area contributed by atoms with E-state index >= 15 is 0 Å². The Labute approximate surface area is 114 Å². The zero-order valence-corrected chi connectivity index (χ0v) is 11.7. The van der Waals surface area contributed by atoms with Crippen molar-refractivity contribution in [2.45, 2.75) is 37.8 Å². The Morgan fingerprint density at radius 3 is 2.70 bits per heavy atom. The van der Waals surface area contributed by atoms with E-state index < -0.39 is 31.3 Å². The van der Waals surface area contributed by atoms with Crippen LogP contribution in [0.25, 0.3) is 0 Å². The normalized spacial score (nSPS) is 23.7. The predicted molar refractivity (Wildman–Crippen MR) is 70.6 cm³/mol. The molecule has 8 nitrogen and oxygen atoms in total. The Morgan fingerprint density at radius 1 is 1.35 bits per heavy atom. The van der Waals surface area contributed by atoms with E-state index in [1.165, 1.54) is 16.8 Å². The molecule has 2 atom stereocenters. The Kier molecular flexibility index (Phi) is 4.59. The van der Waals surface area contributed by atoms with Crippen molar-refractivity contribution in [1.82, 2.24) is 9.55 Å². The molecule has 0 unspecified atom stereocenters. The lowest BCUT2D eigenvalue weighted by atomic mass is 9.92. The molecule has 1 aliphatic rings. The first-order valence-electron chi connectivity index (χ1n) is 6.34. The van der Waals surface area contributed by atoms with Crippen molar-refractivity contribution < 1.29 is 19.1 Å². The number of hydrogen-bond donors (Lipinski definition) is 3. The van der Waals surface area contributed by atoms with Crippen LogP contribution in [-0.2, 0) is 9.30 Å². The van der Waals surface area contributed by atoms with Gasteiger partial charge in [0.25, 0.3) is 5.56 Å². The summed E-state index contributed by atoms with van der Waals surface area (Å²) in [6.45, 7) is 0. The van der Waals surface area contributed by atoms with Gasteiger partial charge in [-0.3, -0.25) is 18.9 Å². The van der Waals surface area contributed by atoms with Crippen LogP contribution in [0.2, 0.25) is 0 Å². The summed E-state index contributed by atoms with van der Waals surface area (Å²) in [5.41, 5.74) is -1.01. The van der Waals surface area contributed by atoms with E-state index in [1.54, 1.807) is 0 Å². The van der Waals surface area contributed by atoms with Crippen molar-refractivity contribution in [3.05, 3.63) is 33.1 Å². The summed E-state index contributed by atoms with van der Waals surface area (Å²) in [5, 5.41) is 0. The van der Waals surface area contributed by atoms with Crippen molar-refractivity contribution in [2.24, 2.45) is 0 Å². The molecule has 2 rings (SSSR count). The van der Waals surface area contributed by atoms with Crippen LogP contribution in [0.3, 0.4) is 0 Å². The zero-order valence-electron chi connectivity index (χ0n) is 10.8. The maximum absolute atomic E-state index is 11.8. The molecule has 1 aromatic rings. The molecule has 1 heterocycles. The van der Waals surface area contributed by atoms with Crippen molar-refractivity contribution in [1.29, 1.82) is 0 Å². The van der Waals surface area contributed by atoms with Crippen molar-refractivity contribution in [2.75, 3.05) is 6.35 Å². The summed E-state index contributed by atoms with van der Waals surface area (Å²) in [6.07, 6.45) is 3.34. The standard InChI is InChI=1S/C11H17N2O6P/c14-10-5-6-13(11(15)12-10)8-3-1-2-4-9(8)19-7-20(16,17)18/h5-6,8-9H,1-4,7H2,(H,12,14,15)(H2,16,17,18)/t8-,9-/m1/s1. The molecule has 0 aliphatic heterocycles. The zero-order chi connectivity index (χ0) is 14.8. The Morgan fingerprint density at radius 2 is 2.05 bits per heavy atom. The van der Waals surface area contributed by atoms with E-state index in [2.05, 4.69) is 4.98 Å². The van der Waals surface area contributed by atoms with Gasteiger partial charge in [-0.1, -0.05) is 12.8 Å². The van der Waals surface area contributed by atoms with Crippen LogP contribution in [0.4, 0.5) is 0 Å². The van der Waals surface area contributed by atoms with Crippen LogP contribution in [0.5, 0.6) is 0 Å². The highest BCUT2D eigenvalue weighted by molar-refractivity contribution is 7.51. The van der Waals surface area contributed by atoms with Gasteiger partial charge in [0.05, 0.1) is 12.1 Å². The van der Waals surface area contributed by atoms with Crippen LogP contribution >= 0.6 is 7.60 Å². The van der Waals surface area contributed by atoms with Crippen molar-refractivity contribution in [3.8, 4) is 0 Å². The topological polar surface area (TPSA) is 122 Å². The molecule has 20 heavy (non-hydrogen) atoms. The summed E-state index contributed by atoms with van der Waals surface area (Å²) in [5.74, 6) is 0. The quantitative estimate of drug-likeness (QED) is 0.682. The smallest absolute Gasteiger partial charge is 0.350 e. The van der Waals surface area contributed by atoms with Gasteiger partial charge in [-0.15, -0.1) is 0 Å². The number of ether oxygens (including phenoxy) is 1. The van der Waals surface area contributed by atoms with Gasteiger partial charge in [0.15, 0.2) is 0 Å². The van der Waals surface area contributed by atoms with E-state index in [9.17, 15) is 14.2 Å². The number of H-pyrrole nitrogens is 1. The minimum Gasteiger partial charge on any atom is -0.363 e. The average Bonchev–Trinajstić information content (AvgIpc) is 2.36. The summed E-state index contributed by atoms with van der Waals surface area (Å²) >= 11 is 0. The van der Waals surface area contributed by atoms with E-state index in [1.807, 2.05) is 0 Å². The number of hydrogen-bond acceptors (Lipinski definition) is 4. The first-order chi connectivity index (χ1) is 9.37. The maximum Gasteiger partial charge on any atom is 0.350 e. The maximum atomic E-state index is 11.8. The highest BCUT2D eigenvalue weighted by Gasteiger charge is 2.30. The van der Waals surface area contributed by atoms with Crippen LogP contribution in [-0.4, -0.2) is 31.8 Å². The van der Waals surface area contributed by atoms with Crippen LogP contribution in [0.1, 0.15) is 31.7 Å². The number of rotatable bonds is 4. The number of nitrogens with one attached hydrogen (secondary N) is 1. The second-order valence-corrected chi connectivity index (χ2v) is 6.46. The van der Waals surface area contributed by atoms with Gasteiger partial charge in [-0.2, -0.15) is 0 Å². The van der Waals surface area contributed by atoms with Gasteiger partial charge in [0.2, 0.25) is 0 Å². The molecule has 1 aromatic heterocycles. The molecular formula is C11H17N2O6P. The summed E-state index contributed by atoms with van der Waals surface area (Å²) in [4.78, 5) is 42.7. The van der Waals surface area contributed by atoms with Crippen LogP contribution < -0.4 is 11.2 Å². The largest absolute Gasteiger partial charge is 0.363 e. The van der Waals surface area contributed by atoms with Crippen molar-refractivity contribution >= 4 is 7.60 Å². The molecule has 1 fully saturated rings. The first-order valence-corrected chi connectivity index (χ1v) is 8.14. The second kappa shape index (κ2) is 6.05. The van der Waals surface area contributed by atoms with E-state index in [-0.39, 0.29) is 6.04 Å². The third-order valence-electron chi connectivity index (χ3n) is 3.33. The van der Waals surface area contributed by atoms with Gasteiger partial charge in [0.1, 0.15) is 6.35 Å². The molecule has 0 saturated heterocycles. The fraction of sp³-hybridized carbons (Fsp3) is 0.636. The Hall–Kier alpha value is -1.21. The van der Waals surface area contributed by atoms with Gasteiger partial charge < -0.3 is 14.5 Å². The molecule has 0 bridgehead atoms.